The highest BCUT2D eigenvalue weighted by molar-refractivity contribution is 5.75. The minimum absolute atomic E-state index is 0.221. The Morgan fingerprint density at radius 1 is 1.62 bits per heavy atom. The highest BCUT2D eigenvalue weighted by Crippen LogP contribution is 2.15. The van der Waals surface area contributed by atoms with Crippen LogP contribution in [-0.4, -0.2) is 15.3 Å². The van der Waals surface area contributed by atoms with E-state index in [-0.39, 0.29) is 11.8 Å². The first-order valence-electron chi connectivity index (χ1n) is 4.52. The second-order valence-electron chi connectivity index (χ2n) is 3.58. The molecule has 0 radical (unpaired) electrons. The van der Waals surface area contributed by atoms with E-state index in [0.717, 1.165) is 11.4 Å². The number of carbonyl (C=O) groups is 1. The molecule has 0 saturated carbocycles. The molecule has 0 saturated heterocycles. The molecule has 3 heteroatoms. The van der Waals surface area contributed by atoms with Crippen molar-refractivity contribution in [3.8, 4) is 0 Å². The molecule has 0 aliphatic rings. The van der Waals surface area contributed by atoms with Crippen LogP contribution < -0.4 is 0 Å². The maximum Gasteiger partial charge on any atom is 0.131 e. The molecule has 72 valence electrons. The summed E-state index contributed by atoms with van der Waals surface area (Å²) in [5.74, 6) is 0.221. The minimum atomic E-state index is 0.221. The number of aryl methyl sites for hydroxylation is 1. The summed E-state index contributed by atoms with van der Waals surface area (Å²) < 4.78 is 2.05. The number of hydrogen-bond donors (Lipinski definition) is 0. The molecule has 0 amide bonds. The Labute approximate surface area is 78.8 Å². The van der Waals surface area contributed by atoms with Crippen LogP contribution in [0.1, 0.15) is 37.7 Å². The molecule has 1 rings (SSSR count). The highest BCUT2D eigenvalue weighted by Gasteiger charge is 2.10. The summed E-state index contributed by atoms with van der Waals surface area (Å²) in [6, 6.07) is 0.221. The van der Waals surface area contributed by atoms with Gasteiger partial charge in [-0.3, -0.25) is 4.79 Å². The van der Waals surface area contributed by atoms with Crippen molar-refractivity contribution >= 4 is 5.78 Å². The van der Waals surface area contributed by atoms with Gasteiger partial charge in [0.05, 0.1) is 12.0 Å². The molecule has 0 aliphatic heterocycles. The van der Waals surface area contributed by atoms with Crippen LogP contribution in [0.3, 0.4) is 0 Å². The fourth-order valence-corrected chi connectivity index (χ4v) is 1.47. The molecule has 1 unspecified atom stereocenters. The lowest BCUT2D eigenvalue weighted by Crippen LogP contribution is -2.09. The number of nitrogens with zero attached hydrogens (tertiary/aromatic N) is 2. The van der Waals surface area contributed by atoms with Crippen LogP contribution in [-0.2, 0) is 4.79 Å². The molecule has 0 fully saturated rings. The number of Topliss-reactive ketones (excluding diaryl/α,β-unsaturated/α-hetero) is 1. The monoisotopic (exact) mass is 180 g/mol. The summed E-state index contributed by atoms with van der Waals surface area (Å²) in [6.45, 7) is 7.66. The van der Waals surface area contributed by atoms with E-state index < -0.39 is 0 Å². The average Bonchev–Trinajstić information content (AvgIpc) is 2.31. The minimum Gasteiger partial charge on any atom is -0.331 e. The van der Waals surface area contributed by atoms with Gasteiger partial charge in [-0.2, -0.15) is 0 Å². The molecule has 0 bridgehead atoms. The summed E-state index contributed by atoms with van der Waals surface area (Å²) in [7, 11) is 0. The summed E-state index contributed by atoms with van der Waals surface area (Å²) in [6.07, 6.45) is 2.38. The standard InChI is InChI=1S/C10H16N2O/c1-7(5-8(2)13)12-6-11-9(3)10(12)4/h6-7H,5H2,1-4H3. The molecule has 1 aromatic rings. The SMILES string of the molecule is CC(=O)CC(C)n1cnc(C)c1C. The van der Waals surface area contributed by atoms with Gasteiger partial charge in [0, 0.05) is 18.2 Å². The summed E-state index contributed by atoms with van der Waals surface area (Å²) in [5.41, 5.74) is 2.18. The Morgan fingerprint density at radius 3 is 2.62 bits per heavy atom. The summed E-state index contributed by atoms with van der Waals surface area (Å²) in [4.78, 5) is 15.1. The van der Waals surface area contributed by atoms with Gasteiger partial charge in [-0.05, 0) is 27.7 Å². The highest BCUT2D eigenvalue weighted by atomic mass is 16.1. The van der Waals surface area contributed by atoms with Crippen LogP contribution in [0.25, 0.3) is 0 Å². The van der Waals surface area contributed by atoms with Crippen molar-refractivity contribution in [3.63, 3.8) is 0 Å². The number of aromatic nitrogens is 2. The number of rotatable bonds is 3. The predicted octanol–water partition coefficient (Wildman–Crippen LogP) is 2.04. The van der Waals surface area contributed by atoms with Crippen molar-refractivity contribution in [2.24, 2.45) is 0 Å². The van der Waals surface area contributed by atoms with E-state index in [1.807, 2.05) is 20.8 Å². The topological polar surface area (TPSA) is 34.9 Å². The van der Waals surface area contributed by atoms with Crippen molar-refractivity contribution in [1.29, 1.82) is 0 Å². The Morgan fingerprint density at radius 2 is 2.23 bits per heavy atom. The van der Waals surface area contributed by atoms with Crippen molar-refractivity contribution < 1.29 is 4.79 Å². The van der Waals surface area contributed by atoms with E-state index in [4.69, 9.17) is 0 Å². The Bertz CT molecular complexity index is 315. The molecular weight excluding hydrogens is 164 g/mol. The molecular formula is C10H16N2O. The molecule has 3 nitrogen and oxygen atoms in total. The zero-order valence-electron chi connectivity index (χ0n) is 8.66. The Kier molecular flexibility index (Phi) is 2.86. The second kappa shape index (κ2) is 3.73. The molecule has 1 aromatic heterocycles. The normalized spacial score (nSPS) is 12.9. The first kappa shape index (κ1) is 9.96. The Hall–Kier alpha value is -1.12. The van der Waals surface area contributed by atoms with Gasteiger partial charge < -0.3 is 4.57 Å². The maximum atomic E-state index is 10.9. The van der Waals surface area contributed by atoms with E-state index in [1.54, 1.807) is 13.3 Å². The van der Waals surface area contributed by atoms with E-state index in [1.165, 1.54) is 0 Å². The van der Waals surface area contributed by atoms with Crippen molar-refractivity contribution in [1.82, 2.24) is 9.55 Å². The molecule has 0 N–H and O–H groups in total. The van der Waals surface area contributed by atoms with E-state index in [0.29, 0.717) is 6.42 Å². The van der Waals surface area contributed by atoms with Crippen molar-refractivity contribution in [2.45, 2.75) is 40.2 Å². The quantitative estimate of drug-likeness (QED) is 0.713. The molecule has 1 heterocycles. The molecule has 13 heavy (non-hydrogen) atoms. The lowest BCUT2D eigenvalue weighted by molar-refractivity contribution is -0.117. The van der Waals surface area contributed by atoms with Gasteiger partial charge in [-0.25, -0.2) is 4.98 Å². The van der Waals surface area contributed by atoms with Crippen molar-refractivity contribution in [2.75, 3.05) is 0 Å². The van der Waals surface area contributed by atoms with Crippen molar-refractivity contribution in [3.05, 3.63) is 17.7 Å². The third-order valence-electron chi connectivity index (χ3n) is 2.34. The lowest BCUT2D eigenvalue weighted by Gasteiger charge is -2.13. The first-order chi connectivity index (χ1) is 6.02. The zero-order valence-corrected chi connectivity index (χ0v) is 8.66. The third-order valence-corrected chi connectivity index (χ3v) is 2.34. The number of imidazole rings is 1. The third kappa shape index (κ3) is 2.17. The molecule has 0 aliphatic carbocycles. The van der Waals surface area contributed by atoms with Crippen LogP contribution in [0.2, 0.25) is 0 Å². The van der Waals surface area contributed by atoms with E-state index in [9.17, 15) is 4.79 Å². The van der Waals surface area contributed by atoms with Crippen LogP contribution in [0.5, 0.6) is 0 Å². The van der Waals surface area contributed by atoms with E-state index in [2.05, 4.69) is 9.55 Å². The number of carbonyl (C=O) groups excluding carboxylic acids is 1. The fourth-order valence-electron chi connectivity index (χ4n) is 1.47. The second-order valence-corrected chi connectivity index (χ2v) is 3.58. The van der Waals surface area contributed by atoms with Gasteiger partial charge >= 0.3 is 0 Å². The van der Waals surface area contributed by atoms with Gasteiger partial charge in [-0.15, -0.1) is 0 Å². The zero-order chi connectivity index (χ0) is 10.0. The maximum absolute atomic E-state index is 10.9. The van der Waals surface area contributed by atoms with Crippen LogP contribution in [0.4, 0.5) is 0 Å². The van der Waals surface area contributed by atoms with Crippen LogP contribution in [0.15, 0.2) is 6.33 Å². The van der Waals surface area contributed by atoms with Crippen LogP contribution >= 0.6 is 0 Å². The number of ketones is 1. The Balaban J connectivity index is 2.82. The lowest BCUT2D eigenvalue weighted by atomic mass is 10.2. The van der Waals surface area contributed by atoms with Gasteiger partial charge in [-0.1, -0.05) is 0 Å². The van der Waals surface area contributed by atoms with Gasteiger partial charge in [0.1, 0.15) is 5.78 Å². The van der Waals surface area contributed by atoms with Gasteiger partial charge in [0.15, 0.2) is 0 Å². The van der Waals surface area contributed by atoms with Gasteiger partial charge in [0.25, 0.3) is 0 Å². The largest absolute Gasteiger partial charge is 0.331 e. The van der Waals surface area contributed by atoms with E-state index >= 15 is 0 Å². The molecule has 0 spiro atoms. The average molecular weight is 180 g/mol. The van der Waals surface area contributed by atoms with Crippen LogP contribution in [0, 0.1) is 13.8 Å². The smallest absolute Gasteiger partial charge is 0.131 e. The first-order valence-corrected chi connectivity index (χ1v) is 4.52. The van der Waals surface area contributed by atoms with Gasteiger partial charge in [0.2, 0.25) is 0 Å². The summed E-state index contributed by atoms with van der Waals surface area (Å²) >= 11 is 0. The fraction of sp³-hybridized carbons (Fsp3) is 0.600. The summed E-state index contributed by atoms with van der Waals surface area (Å²) in [5, 5.41) is 0. The predicted molar refractivity (Wildman–Crippen MR) is 51.7 cm³/mol. The molecule has 1 atom stereocenters. The molecule has 0 aromatic carbocycles. The number of hydrogen-bond acceptors (Lipinski definition) is 2.